The van der Waals surface area contributed by atoms with Crippen LogP contribution >= 0.6 is 0 Å². The Morgan fingerprint density at radius 1 is 1.14 bits per heavy atom. The zero-order valence-electron chi connectivity index (χ0n) is 12.8. The van der Waals surface area contributed by atoms with Gasteiger partial charge in [0.05, 0.1) is 7.11 Å². The molecule has 0 saturated heterocycles. The van der Waals surface area contributed by atoms with E-state index in [1.54, 1.807) is 12.1 Å². The molecule has 1 unspecified atom stereocenters. The van der Waals surface area contributed by atoms with E-state index in [1.165, 1.54) is 12.7 Å². The zero-order valence-corrected chi connectivity index (χ0v) is 12.8. The summed E-state index contributed by atoms with van der Waals surface area (Å²) in [6, 6.07) is 11.3. The highest BCUT2D eigenvalue weighted by molar-refractivity contribution is 5.86. The molecule has 0 N–H and O–H groups in total. The van der Waals surface area contributed by atoms with Gasteiger partial charge in [-0.3, -0.25) is 0 Å². The maximum absolute atomic E-state index is 11.4. The number of methoxy groups -OCH3 is 1. The number of hydrogen-bond acceptors (Lipinski definition) is 4. The molecule has 1 heterocycles. The number of hydrogen-bond donors (Lipinski definition) is 0. The van der Waals surface area contributed by atoms with Crippen LogP contribution in [-0.4, -0.2) is 13.1 Å². The Balaban J connectivity index is 2.10. The van der Waals surface area contributed by atoms with Crippen LogP contribution in [0.4, 0.5) is 0 Å². The molecule has 0 fully saturated rings. The number of esters is 1. The Hall–Kier alpha value is -2.23. The number of benzene rings is 1. The lowest BCUT2D eigenvalue weighted by atomic mass is 10.0. The monoisotopic (exact) mass is 288 g/mol. The van der Waals surface area contributed by atoms with Gasteiger partial charge in [0, 0.05) is 0 Å². The maximum Gasteiger partial charge on any atom is 0.373 e. The van der Waals surface area contributed by atoms with E-state index in [2.05, 4.69) is 24.7 Å². The quantitative estimate of drug-likeness (QED) is 0.768. The lowest BCUT2D eigenvalue weighted by molar-refractivity contribution is 0.0558. The van der Waals surface area contributed by atoms with Gasteiger partial charge in [-0.2, -0.15) is 0 Å². The molecule has 1 atom stereocenters. The lowest BCUT2D eigenvalue weighted by Crippen LogP contribution is -2.03. The van der Waals surface area contributed by atoms with E-state index in [9.17, 15) is 4.79 Å². The normalized spacial score (nSPS) is 12.2. The molecule has 2 aromatic rings. The lowest BCUT2D eigenvalue weighted by Gasteiger charge is -2.14. The number of furan rings is 1. The molecule has 4 nitrogen and oxygen atoms in total. The average molecular weight is 288 g/mol. The topological polar surface area (TPSA) is 48.7 Å². The third-order valence-corrected chi connectivity index (χ3v) is 3.25. The second-order valence-corrected chi connectivity index (χ2v) is 5.18. The molecular weight excluding hydrogens is 268 g/mol. The van der Waals surface area contributed by atoms with Crippen LogP contribution in [0.25, 0.3) is 0 Å². The van der Waals surface area contributed by atoms with Crippen molar-refractivity contribution in [2.45, 2.75) is 32.8 Å². The van der Waals surface area contributed by atoms with Crippen molar-refractivity contribution in [3.63, 3.8) is 0 Å². The van der Waals surface area contributed by atoms with Crippen molar-refractivity contribution in [2.75, 3.05) is 7.11 Å². The Morgan fingerprint density at radius 3 is 2.57 bits per heavy atom. The molecule has 2 rings (SSSR count). The van der Waals surface area contributed by atoms with Crippen LogP contribution in [0.15, 0.2) is 40.8 Å². The number of rotatable bonds is 5. The first-order chi connectivity index (χ1) is 10.0. The summed E-state index contributed by atoms with van der Waals surface area (Å²) >= 11 is 0. The second-order valence-electron chi connectivity index (χ2n) is 5.18. The van der Waals surface area contributed by atoms with Crippen LogP contribution in [0.2, 0.25) is 0 Å². The molecule has 0 aliphatic rings. The van der Waals surface area contributed by atoms with Crippen molar-refractivity contribution >= 4 is 5.97 Å². The Bertz CT molecular complexity index is 613. The highest BCUT2D eigenvalue weighted by atomic mass is 16.5. The summed E-state index contributed by atoms with van der Waals surface area (Å²) in [5, 5.41) is 0. The van der Waals surface area contributed by atoms with E-state index < -0.39 is 5.97 Å². The van der Waals surface area contributed by atoms with Gasteiger partial charge in [-0.1, -0.05) is 26.0 Å². The number of carbonyl (C=O) groups is 1. The van der Waals surface area contributed by atoms with E-state index >= 15 is 0 Å². The van der Waals surface area contributed by atoms with Crippen molar-refractivity contribution in [2.24, 2.45) is 0 Å². The van der Waals surface area contributed by atoms with E-state index in [4.69, 9.17) is 9.15 Å². The van der Waals surface area contributed by atoms with Gasteiger partial charge in [0.1, 0.15) is 11.5 Å². The fourth-order valence-electron chi connectivity index (χ4n) is 1.99. The third-order valence-electron chi connectivity index (χ3n) is 3.25. The molecule has 0 bridgehead atoms. The standard InChI is InChI=1S/C17H20O4/c1-11(2)13-6-5-7-14(10-13)20-12(3)15-8-9-16(21-15)17(18)19-4/h5-12H,1-4H3. The highest BCUT2D eigenvalue weighted by Gasteiger charge is 2.16. The summed E-state index contributed by atoms with van der Waals surface area (Å²) in [5.41, 5.74) is 1.22. The van der Waals surface area contributed by atoms with Gasteiger partial charge in [0.15, 0.2) is 6.10 Å². The minimum Gasteiger partial charge on any atom is -0.483 e. The van der Waals surface area contributed by atoms with E-state index in [0.717, 1.165) is 5.75 Å². The van der Waals surface area contributed by atoms with Crippen LogP contribution in [0.1, 0.15) is 54.7 Å². The summed E-state index contributed by atoms with van der Waals surface area (Å²) in [4.78, 5) is 11.4. The van der Waals surface area contributed by atoms with E-state index in [-0.39, 0.29) is 11.9 Å². The molecule has 112 valence electrons. The maximum atomic E-state index is 11.4. The summed E-state index contributed by atoms with van der Waals surface area (Å²) in [5.74, 6) is 1.50. The Morgan fingerprint density at radius 2 is 1.90 bits per heavy atom. The smallest absolute Gasteiger partial charge is 0.373 e. The molecule has 21 heavy (non-hydrogen) atoms. The fourth-order valence-corrected chi connectivity index (χ4v) is 1.99. The fraction of sp³-hybridized carbons (Fsp3) is 0.353. The molecule has 0 spiro atoms. The predicted octanol–water partition coefficient (Wildman–Crippen LogP) is 4.33. The molecule has 1 aromatic carbocycles. The molecule has 4 heteroatoms. The van der Waals surface area contributed by atoms with Crippen LogP contribution < -0.4 is 4.74 Å². The Labute approximate surface area is 124 Å². The first kappa shape index (κ1) is 15.2. The largest absolute Gasteiger partial charge is 0.483 e. The molecule has 0 radical (unpaired) electrons. The van der Waals surface area contributed by atoms with Crippen LogP contribution in [0.5, 0.6) is 5.75 Å². The van der Waals surface area contributed by atoms with Gasteiger partial charge < -0.3 is 13.9 Å². The zero-order chi connectivity index (χ0) is 15.4. The van der Waals surface area contributed by atoms with Crippen molar-refractivity contribution in [3.8, 4) is 5.75 Å². The first-order valence-electron chi connectivity index (χ1n) is 6.96. The summed E-state index contributed by atoms with van der Waals surface area (Å²) in [6.45, 7) is 6.15. The third kappa shape index (κ3) is 3.66. The van der Waals surface area contributed by atoms with Crippen LogP contribution in [0, 0.1) is 0 Å². The van der Waals surface area contributed by atoms with E-state index in [0.29, 0.717) is 11.7 Å². The molecule has 0 saturated carbocycles. The highest BCUT2D eigenvalue weighted by Crippen LogP contribution is 2.26. The molecule has 0 aliphatic carbocycles. The Kier molecular flexibility index (Phi) is 4.68. The van der Waals surface area contributed by atoms with Gasteiger partial charge in [0.25, 0.3) is 0 Å². The molecular formula is C17H20O4. The first-order valence-corrected chi connectivity index (χ1v) is 6.96. The molecule has 1 aromatic heterocycles. The number of carbonyl (C=O) groups excluding carboxylic acids is 1. The molecule has 0 amide bonds. The van der Waals surface area contributed by atoms with Gasteiger partial charge in [-0.05, 0) is 42.7 Å². The van der Waals surface area contributed by atoms with Gasteiger partial charge >= 0.3 is 5.97 Å². The van der Waals surface area contributed by atoms with Crippen molar-refractivity contribution in [3.05, 3.63) is 53.5 Å². The SMILES string of the molecule is COC(=O)c1ccc(C(C)Oc2cccc(C(C)C)c2)o1. The second kappa shape index (κ2) is 6.48. The summed E-state index contributed by atoms with van der Waals surface area (Å²) < 4.78 is 15.9. The predicted molar refractivity (Wildman–Crippen MR) is 79.6 cm³/mol. The van der Waals surface area contributed by atoms with E-state index in [1.807, 2.05) is 25.1 Å². The van der Waals surface area contributed by atoms with Crippen molar-refractivity contribution in [1.29, 1.82) is 0 Å². The van der Waals surface area contributed by atoms with Crippen LogP contribution in [-0.2, 0) is 4.74 Å². The van der Waals surface area contributed by atoms with Gasteiger partial charge in [0.2, 0.25) is 5.76 Å². The van der Waals surface area contributed by atoms with Gasteiger partial charge in [-0.25, -0.2) is 4.79 Å². The van der Waals surface area contributed by atoms with Gasteiger partial charge in [-0.15, -0.1) is 0 Å². The minimum absolute atomic E-state index is 0.180. The van der Waals surface area contributed by atoms with Crippen LogP contribution in [0.3, 0.4) is 0 Å². The summed E-state index contributed by atoms with van der Waals surface area (Å²) in [7, 11) is 1.32. The van der Waals surface area contributed by atoms with Crippen molar-refractivity contribution in [1.82, 2.24) is 0 Å². The summed E-state index contributed by atoms with van der Waals surface area (Å²) in [6.07, 6.45) is -0.286. The average Bonchev–Trinajstić information content (AvgIpc) is 2.96. The minimum atomic E-state index is -0.491. The van der Waals surface area contributed by atoms with Crippen molar-refractivity contribution < 1.29 is 18.7 Å². The molecule has 0 aliphatic heterocycles. The number of ether oxygens (including phenoxy) is 2.